The minimum Gasteiger partial charge on any atom is -0.365 e. The summed E-state index contributed by atoms with van der Waals surface area (Å²) >= 11 is 0. The number of H-pyrrole nitrogens is 1. The Morgan fingerprint density at radius 2 is 2.31 bits per heavy atom. The summed E-state index contributed by atoms with van der Waals surface area (Å²) in [4.78, 5) is 13.2. The maximum Gasteiger partial charge on any atom is 0.212 e. The molecule has 72 valence electrons. The second-order valence-electron chi connectivity index (χ2n) is 3.49. The van der Waals surface area contributed by atoms with Crippen molar-refractivity contribution >= 4 is 0 Å². The molecule has 1 atom stereocenters. The molecule has 0 bridgehead atoms. The summed E-state index contributed by atoms with van der Waals surface area (Å²) < 4.78 is 0. The minimum absolute atomic E-state index is 0.00181. The van der Waals surface area contributed by atoms with E-state index in [4.69, 9.17) is 0 Å². The van der Waals surface area contributed by atoms with Crippen molar-refractivity contribution in [2.75, 3.05) is 6.54 Å². The van der Waals surface area contributed by atoms with Crippen molar-refractivity contribution in [3.8, 4) is 0 Å². The van der Waals surface area contributed by atoms with Crippen LogP contribution in [-0.2, 0) is 0 Å². The molecule has 1 N–H and O–H groups in total. The number of nitro groups is 1. The molecule has 1 aromatic rings. The lowest BCUT2D eigenvalue weighted by Gasteiger charge is -2.14. The van der Waals surface area contributed by atoms with Gasteiger partial charge in [-0.15, -0.1) is 0 Å². The number of hydrogen-bond donors (Lipinski definition) is 1. The number of aromatic amines is 1. The van der Waals surface area contributed by atoms with Crippen molar-refractivity contribution < 1.29 is 4.92 Å². The molecule has 0 aromatic carbocycles. The van der Waals surface area contributed by atoms with Crippen LogP contribution >= 0.6 is 0 Å². The molecule has 4 heteroatoms. The van der Waals surface area contributed by atoms with Gasteiger partial charge in [0.15, 0.2) is 0 Å². The summed E-state index contributed by atoms with van der Waals surface area (Å²) in [5, 5.41) is 10.4. The van der Waals surface area contributed by atoms with E-state index in [1.807, 2.05) is 26.0 Å². The first-order chi connectivity index (χ1) is 6.11. The van der Waals surface area contributed by atoms with Crippen LogP contribution in [0.3, 0.4) is 0 Å². The lowest BCUT2D eigenvalue weighted by atomic mass is 9.93. The second kappa shape index (κ2) is 4.07. The van der Waals surface area contributed by atoms with E-state index in [0.29, 0.717) is 0 Å². The van der Waals surface area contributed by atoms with E-state index in [9.17, 15) is 10.1 Å². The Balaban J connectivity index is 2.74. The largest absolute Gasteiger partial charge is 0.365 e. The molecule has 0 spiro atoms. The Morgan fingerprint density at radius 3 is 2.69 bits per heavy atom. The number of rotatable bonds is 4. The van der Waals surface area contributed by atoms with Gasteiger partial charge in [0.05, 0.1) is 5.92 Å². The van der Waals surface area contributed by atoms with Gasteiger partial charge in [0.1, 0.15) is 0 Å². The van der Waals surface area contributed by atoms with Gasteiger partial charge in [-0.2, -0.15) is 0 Å². The van der Waals surface area contributed by atoms with Crippen LogP contribution in [0.15, 0.2) is 18.3 Å². The van der Waals surface area contributed by atoms with Crippen molar-refractivity contribution in [3.63, 3.8) is 0 Å². The summed E-state index contributed by atoms with van der Waals surface area (Å²) in [6.07, 6.45) is 1.80. The van der Waals surface area contributed by atoms with Crippen molar-refractivity contribution in [1.82, 2.24) is 4.98 Å². The van der Waals surface area contributed by atoms with E-state index in [1.165, 1.54) is 0 Å². The summed E-state index contributed by atoms with van der Waals surface area (Å²) in [5.41, 5.74) is 0.951. The van der Waals surface area contributed by atoms with Gasteiger partial charge in [0, 0.05) is 16.8 Å². The topological polar surface area (TPSA) is 58.9 Å². The summed E-state index contributed by atoms with van der Waals surface area (Å²) in [6.45, 7) is 3.99. The molecule has 0 amide bonds. The lowest BCUT2D eigenvalue weighted by Crippen LogP contribution is -2.17. The molecule has 0 saturated heterocycles. The molecule has 13 heavy (non-hydrogen) atoms. The molecule has 1 rings (SSSR count). The van der Waals surface area contributed by atoms with E-state index < -0.39 is 0 Å². The smallest absolute Gasteiger partial charge is 0.212 e. The van der Waals surface area contributed by atoms with Crippen LogP contribution in [0.5, 0.6) is 0 Å². The molecular formula is C9H14N2O2. The van der Waals surface area contributed by atoms with Crippen LogP contribution in [0.4, 0.5) is 0 Å². The molecule has 0 aliphatic carbocycles. The number of hydrogen-bond acceptors (Lipinski definition) is 2. The first-order valence-corrected chi connectivity index (χ1v) is 4.36. The minimum atomic E-state index is -0.258. The van der Waals surface area contributed by atoms with E-state index in [-0.39, 0.29) is 23.3 Å². The van der Waals surface area contributed by atoms with Crippen LogP contribution < -0.4 is 0 Å². The van der Waals surface area contributed by atoms with Gasteiger partial charge < -0.3 is 4.98 Å². The van der Waals surface area contributed by atoms with Crippen LogP contribution in [0, 0.1) is 16.0 Å². The molecule has 0 aliphatic rings. The van der Waals surface area contributed by atoms with Gasteiger partial charge in [-0.25, -0.2) is 0 Å². The van der Waals surface area contributed by atoms with Gasteiger partial charge >= 0.3 is 0 Å². The maximum atomic E-state index is 10.4. The Morgan fingerprint density at radius 1 is 1.62 bits per heavy atom. The fourth-order valence-electron chi connectivity index (χ4n) is 1.40. The van der Waals surface area contributed by atoms with E-state index in [2.05, 4.69) is 4.98 Å². The molecule has 0 unspecified atom stereocenters. The zero-order valence-corrected chi connectivity index (χ0v) is 7.86. The van der Waals surface area contributed by atoms with E-state index in [0.717, 1.165) is 5.69 Å². The highest BCUT2D eigenvalue weighted by atomic mass is 16.6. The molecular weight excluding hydrogens is 168 g/mol. The highest BCUT2D eigenvalue weighted by molar-refractivity contribution is 5.10. The molecule has 0 radical (unpaired) electrons. The first-order valence-electron chi connectivity index (χ1n) is 4.36. The van der Waals surface area contributed by atoms with Crippen LogP contribution in [-0.4, -0.2) is 16.5 Å². The molecule has 1 heterocycles. The molecule has 0 fully saturated rings. The summed E-state index contributed by atoms with van der Waals surface area (Å²) in [7, 11) is 0. The van der Waals surface area contributed by atoms with Crippen molar-refractivity contribution in [3.05, 3.63) is 34.1 Å². The van der Waals surface area contributed by atoms with Gasteiger partial charge in [-0.05, 0) is 18.1 Å². The van der Waals surface area contributed by atoms with Gasteiger partial charge in [-0.3, -0.25) is 10.1 Å². The second-order valence-corrected chi connectivity index (χ2v) is 3.49. The molecule has 1 aromatic heterocycles. The normalized spacial score (nSPS) is 13.2. The van der Waals surface area contributed by atoms with Gasteiger partial charge in [0.2, 0.25) is 6.54 Å². The zero-order valence-electron chi connectivity index (χ0n) is 7.86. The summed E-state index contributed by atoms with van der Waals surface area (Å²) in [5.74, 6) is 0.272. The predicted molar refractivity (Wildman–Crippen MR) is 50.2 cm³/mol. The van der Waals surface area contributed by atoms with Crippen LogP contribution in [0.1, 0.15) is 25.5 Å². The van der Waals surface area contributed by atoms with Crippen molar-refractivity contribution in [2.45, 2.75) is 19.8 Å². The van der Waals surface area contributed by atoms with Crippen LogP contribution in [0.2, 0.25) is 0 Å². The molecule has 4 nitrogen and oxygen atoms in total. The number of nitrogens with one attached hydrogen (secondary N) is 1. The highest BCUT2D eigenvalue weighted by Gasteiger charge is 2.21. The molecule has 0 aliphatic heterocycles. The Labute approximate surface area is 77.1 Å². The number of aromatic nitrogens is 1. The zero-order chi connectivity index (χ0) is 9.84. The Hall–Kier alpha value is -1.32. The monoisotopic (exact) mass is 182 g/mol. The van der Waals surface area contributed by atoms with E-state index >= 15 is 0 Å². The highest BCUT2D eigenvalue weighted by Crippen LogP contribution is 2.22. The standard InChI is InChI=1S/C9H14N2O2/c1-7(2)8(6-11(12)13)9-4-3-5-10-9/h3-5,7-8,10H,6H2,1-2H3/t8-/m1/s1. The van der Waals surface area contributed by atoms with Gasteiger partial charge in [-0.1, -0.05) is 13.8 Å². The SMILES string of the molecule is CC(C)[C@@H](C[N+](=O)[O-])c1ccc[nH]1. The average molecular weight is 182 g/mol. The fraction of sp³-hybridized carbons (Fsp3) is 0.556. The Bertz CT molecular complexity index is 267. The average Bonchev–Trinajstić information content (AvgIpc) is 2.50. The Kier molecular flexibility index (Phi) is 3.06. The third-order valence-electron chi connectivity index (χ3n) is 2.17. The third-order valence-corrected chi connectivity index (χ3v) is 2.17. The predicted octanol–water partition coefficient (Wildman–Crippen LogP) is 2.03. The quantitative estimate of drug-likeness (QED) is 0.572. The molecule has 0 saturated carbocycles. The fourth-order valence-corrected chi connectivity index (χ4v) is 1.40. The van der Waals surface area contributed by atoms with E-state index in [1.54, 1.807) is 6.20 Å². The first kappa shape index (κ1) is 9.77. The van der Waals surface area contributed by atoms with Crippen molar-refractivity contribution in [2.24, 2.45) is 5.92 Å². The van der Waals surface area contributed by atoms with Crippen LogP contribution in [0.25, 0.3) is 0 Å². The van der Waals surface area contributed by atoms with Gasteiger partial charge in [0.25, 0.3) is 0 Å². The van der Waals surface area contributed by atoms with Crippen molar-refractivity contribution in [1.29, 1.82) is 0 Å². The summed E-state index contributed by atoms with van der Waals surface area (Å²) in [6, 6.07) is 3.76. The lowest BCUT2D eigenvalue weighted by molar-refractivity contribution is -0.484. The number of nitrogens with zero attached hydrogens (tertiary/aromatic N) is 1. The third kappa shape index (κ3) is 2.57. The maximum absolute atomic E-state index is 10.4.